The van der Waals surface area contributed by atoms with Gasteiger partial charge in [-0.3, -0.25) is 14.4 Å². The summed E-state index contributed by atoms with van der Waals surface area (Å²) < 4.78 is 0. The molecule has 0 saturated carbocycles. The molecule has 0 unspecified atom stereocenters. The van der Waals surface area contributed by atoms with E-state index >= 15 is 0 Å². The molecule has 1 aromatic heterocycles. The van der Waals surface area contributed by atoms with E-state index in [0.29, 0.717) is 16.8 Å². The van der Waals surface area contributed by atoms with E-state index in [9.17, 15) is 14.4 Å². The van der Waals surface area contributed by atoms with Gasteiger partial charge in [0.2, 0.25) is 0 Å². The lowest BCUT2D eigenvalue weighted by Crippen LogP contribution is -2.35. The van der Waals surface area contributed by atoms with Crippen molar-refractivity contribution in [1.29, 1.82) is 0 Å². The minimum absolute atomic E-state index is 0.131. The number of hydrogen-bond donors (Lipinski definition) is 2. The Balaban J connectivity index is 2.36. The van der Waals surface area contributed by atoms with Gasteiger partial charge in [-0.05, 0) is 31.9 Å². The second-order valence-corrected chi connectivity index (χ2v) is 5.72. The van der Waals surface area contributed by atoms with Gasteiger partial charge in [0.25, 0.3) is 5.91 Å². The highest BCUT2D eigenvalue weighted by Gasteiger charge is 2.25. The minimum atomic E-state index is -1.09. The number of aryl methyl sites for hydroxylation is 1. The van der Waals surface area contributed by atoms with Crippen LogP contribution in [0.5, 0.6) is 0 Å². The fraction of sp³-hybridized carbons (Fsp3) is 0.278. The van der Waals surface area contributed by atoms with E-state index in [-0.39, 0.29) is 18.0 Å². The Morgan fingerprint density at radius 2 is 1.75 bits per heavy atom. The first-order valence-electron chi connectivity index (χ1n) is 7.56. The third kappa shape index (κ3) is 3.71. The summed E-state index contributed by atoms with van der Waals surface area (Å²) in [5, 5.41) is 9.12. The maximum absolute atomic E-state index is 12.8. The number of nitrogens with one attached hydrogen (secondary N) is 1. The van der Waals surface area contributed by atoms with E-state index < -0.39 is 18.4 Å². The summed E-state index contributed by atoms with van der Waals surface area (Å²) >= 11 is 0. The highest BCUT2D eigenvalue weighted by atomic mass is 16.4. The Morgan fingerprint density at radius 3 is 2.25 bits per heavy atom. The van der Waals surface area contributed by atoms with Crippen LogP contribution in [0.2, 0.25) is 0 Å². The number of H-pyrrole nitrogens is 1. The number of carboxylic acid groups (broad SMARTS) is 1. The number of aromatic amines is 1. The van der Waals surface area contributed by atoms with E-state index in [1.165, 1.54) is 11.8 Å². The topological polar surface area (TPSA) is 90.5 Å². The first-order valence-corrected chi connectivity index (χ1v) is 7.56. The number of Topliss-reactive ketones (excluding diaryl/α,β-unsaturated/α-hetero) is 1. The molecule has 0 saturated heterocycles. The first-order chi connectivity index (χ1) is 11.3. The number of carbonyl (C=O) groups excluding carboxylic acids is 2. The van der Waals surface area contributed by atoms with Crippen LogP contribution in [-0.4, -0.2) is 39.2 Å². The van der Waals surface area contributed by atoms with E-state index in [4.69, 9.17) is 5.11 Å². The molecule has 0 aliphatic heterocycles. The van der Waals surface area contributed by atoms with Gasteiger partial charge >= 0.3 is 5.97 Å². The fourth-order valence-electron chi connectivity index (χ4n) is 2.82. The van der Waals surface area contributed by atoms with Crippen LogP contribution in [-0.2, 0) is 11.3 Å². The molecule has 2 rings (SSSR count). The van der Waals surface area contributed by atoms with Gasteiger partial charge in [-0.2, -0.15) is 0 Å². The zero-order valence-electron chi connectivity index (χ0n) is 13.9. The molecule has 1 heterocycles. The summed E-state index contributed by atoms with van der Waals surface area (Å²) in [5.74, 6) is -1.66. The Morgan fingerprint density at radius 1 is 1.12 bits per heavy atom. The third-order valence-electron chi connectivity index (χ3n) is 3.83. The van der Waals surface area contributed by atoms with Crippen LogP contribution in [0.15, 0.2) is 30.3 Å². The number of rotatable bonds is 6. The number of aliphatic carboxylic acids is 1. The van der Waals surface area contributed by atoms with Gasteiger partial charge in [0.05, 0.1) is 0 Å². The number of nitrogens with zero attached hydrogens (tertiary/aromatic N) is 1. The fourth-order valence-corrected chi connectivity index (χ4v) is 2.82. The van der Waals surface area contributed by atoms with Crippen molar-refractivity contribution < 1.29 is 19.5 Å². The van der Waals surface area contributed by atoms with Crippen molar-refractivity contribution in [1.82, 2.24) is 9.88 Å². The van der Waals surface area contributed by atoms with Crippen LogP contribution in [0, 0.1) is 13.8 Å². The number of carboxylic acids is 1. The molecule has 0 radical (unpaired) electrons. The summed E-state index contributed by atoms with van der Waals surface area (Å²) in [7, 11) is 0. The lowest BCUT2D eigenvalue weighted by atomic mass is 10.1. The van der Waals surface area contributed by atoms with Crippen molar-refractivity contribution >= 4 is 17.7 Å². The first kappa shape index (κ1) is 17.5. The highest BCUT2D eigenvalue weighted by molar-refractivity contribution is 6.03. The Kier molecular flexibility index (Phi) is 5.18. The van der Waals surface area contributed by atoms with Gasteiger partial charge in [-0.1, -0.05) is 30.3 Å². The SMILES string of the molecule is CC(=O)c1c(C)[nH]c(C(=O)N(CC(=O)O)Cc2ccccc2)c1C. The monoisotopic (exact) mass is 328 g/mol. The minimum Gasteiger partial charge on any atom is -0.480 e. The molecule has 2 aromatic rings. The quantitative estimate of drug-likeness (QED) is 0.797. The Labute approximate surface area is 140 Å². The maximum Gasteiger partial charge on any atom is 0.323 e. The van der Waals surface area contributed by atoms with E-state index in [2.05, 4.69) is 4.98 Å². The summed E-state index contributed by atoms with van der Waals surface area (Å²) in [5.41, 5.74) is 2.73. The molecule has 0 atom stereocenters. The molecule has 0 spiro atoms. The molecule has 6 nitrogen and oxygen atoms in total. The van der Waals surface area contributed by atoms with Crippen molar-refractivity contribution in [2.24, 2.45) is 0 Å². The zero-order chi connectivity index (χ0) is 17.9. The lowest BCUT2D eigenvalue weighted by molar-refractivity contribution is -0.137. The molecule has 1 aromatic carbocycles. The van der Waals surface area contributed by atoms with Crippen LogP contribution in [0.1, 0.15) is 44.6 Å². The molecular formula is C18H20N2O4. The predicted octanol–water partition coefficient (Wildman–Crippen LogP) is 2.56. The average Bonchev–Trinajstić information content (AvgIpc) is 2.81. The number of aromatic nitrogens is 1. The average molecular weight is 328 g/mol. The molecule has 0 aliphatic carbocycles. The molecule has 2 N–H and O–H groups in total. The number of carbonyl (C=O) groups is 3. The molecule has 0 fully saturated rings. The van der Waals surface area contributed by atoms with Gasteiger partial charge in [0.1, 0.15) is 12.2 Å². The van der Waals surface area contributed by atoms with Gasteiger partial charge in [-0.25, -0.2) is 0 Å². The largest absolute Gasteiger partial charge is 0.480 e. The van der Waals surface area contributed by atoms with Gasteiger partial charge in [0.15, 0.2) is 5.78 Å². The molecular weight excluding hydrogens is 308 g/mol. The van der Waals surface area contributed by atoms with Crippen LogP contribution in [0.3, 0.4) is 0 Å². The van der Waals surface area contributed by atoms with Crippen LogP contribution < -0.4 is 0 Å². The molecule has 6 heteroatoms. The van der Waals surface area contributed by atoms with Crippen molar-refractivity contribution in [2.75, 3.05) is 6.54 Å². The second-order valence-electron chi connectivity index (χ2n) is 5.72. The van der Waals surface area contributed by atoms with E-state index in [1.54, 1.807) is 13.8 Å². The maximum atomic E-state index is 12.8. The summed E-state index contributed by atoms with van der Waals surface area (Å²) in [6.45, 7) is 4.62. The van der Waals surface area contributed by atoms with Crippen LogP contribution in [0.4, 0.5) is 0 Å². The number of amides is 1. The van der Waals surface area contributed by atoms with Crippen LogP contribution in [0.25, 0.3) is 0 Å². The summed E-state index contributed by atoms with van der Waals surface area (Å²) in [6.07, 6.45) is 0. The number of ketones is 1. The third-order valence-corrected chi connectivity index (χ3v) is 3.83. The summed E-state index contributed by atoms with van der Waals surface area (Å²) in [4.78, 5) is 39.9. The number of hydrogen-bond acceptors (Lipinski definition) is 3. The summed E-state index contributed by atoms with van der Waals surface area (Å²) in [6, 6.07) is 9.17. The molecule has 126 valence electrons. The van der Waals surface area contributed by atoms with Gasteiger partial charge < -0.3 is 15.0 Å². The van der Waals surface area contributed by atoms with Crippen molar-refractivity contribution in [3.8, 4) is 0 Å². The molecule has 24 heavy (non-hydrogen) atoms. The number of benzene rings is 1. The van der Waals surface area contributed by atoms with Crippen molar-refractivity contribution in [2.45, 2.75) is 27.3 Å². The van der Waals surface area contributed by atoms with Crippen molar-refractivity contribution in [3.63, 3.8) is 0 Å². The lowest BCUT2D eigenvalue weighted by Gasteiger charge is -2.20. The smallest absolute Gasteiger partial charge is 0.323 e. The highest BCUT2D eigenvalue weighted by Crippen LogP contribution is 2.20. The van der Waals surface area contributed by atoms with Crippen LogP contribution >= 0.6 is 0 Å². The Bertz CT molecular complexity index is 778. The second kappa shape index (κ2) is 7.12. The molecule has 0 bridgehead atoms. The van der Waals surface area contributed by atoms with Gasteiger partial charge in [-0.15, -0.1) is 0 Å². The van der Waals surface area contributed by atoms with Crippen molar-refractivity contribution in [3.05, 3.63) is 58.4 Å². The molecule has 1 amide bonds. The normalized spacial score (nSPS) is 10.5. The molecule has 0 aliphatic rings. The standard InChI is InChI=1S/C18H20N2O4/c1-11-16(13(3)21)12(2)19-17(11)18(24)20(10-15(22)23)9-14-7-5-4-6-8-14/h4-8,19H,9-10H2,1-3H3,(H,22,23). The zero-order valence-corrected chi connectivity index (χ0v) is 13.9. The van der Waals surface area contributed by atoms with E-state index in [1.807, 2.05) is 30.3 Å². The Hall–Kier alpha value is -2.89. The van der Waals surface area contributed by atoms with E-state index in [0.717, 1.165) is 5.56 Å². The van der Waals surface area contributed by atoms with Gasteiger partial charge in [0, 0.05) is 17.8 Å². The predicted molar refractivity (Wildman–Crippen MR) is 89.1 cm³/mol.